The molecule has 4 heteroatoms. The van der Waals surface area contributed by atoms with Gasteiger partial charge in [0.15, 0.2) is 0 Å². The predicted molar refractivity (Wildman–Crippen MR) is 82.0 cm³/mol. The van der Waals surface area contributed by atoms with Crippen LogP contribution in [0.4, 0.5) is 4.39 Å². The molecule has 0 saturated carbocycles. The molecule has 2 rings (SSSR count). The Morgan fingerprint density at radius 3 is 2.81 bits per heavy atom. The van der Waals surface area contributed by atoms with Gasteiger partial charge in [0.1, 0.15) is 11.6 Å². The van der Waals surface area contributed by atoms with Crippen molar-refractivity contribution in [3.05, 3.63) is 53.5 Å². The molecule has 112 valence electrons. The second kappa shape index (κ2) is 7.18. The van der Waals surface area contributed by atoms with Crippen LogP contribution in [0.3, 0.4) is 0 Å². The van der Waals surface area contributed by atoms with Crippen LogP contribution in [0.25, 0.3) is 0 Å². The maximum absolute atomic E-state index is 13.6. The van der Waals surface area contributed by atoms with Gasteiger partial charge in [-0.25, -0.2) is 9.37 Å². The Morgan fingerprint density at radius 1 is 1.29 bits per heavy atom. The number of halogens is 1. The lowest BCUT2D eigenvalue weighted by atomic mass is 10.2. The minimum atomic E-state index is -0.275. The smallest absolute Gasteiger partial charge is 0.223 e. The number of ether oxygens (including phenoxy) is 1. The molecule has 0 radical (unpaired) electrons. The molecule has 21 heavy (non-hydrogen) atoms. The Morgan fingerprint density at radius 2 is 2.10 bits per heavy atom. The average Bonchev–Trinajstić information content (AvgIpc) is 2.44. The maximum atomic E-state index is 13.6. The van der Waals surface area contributed by atoms with Gasteiger partial charge < -0.3 is 10.1 Å². The topological polar surface area (TPSA) is 34.1 Å². The van der Waals surface area contributed by atoms with E-state index in [2.05, 4.69) is 24.1 Å². The molecule has 0 aliphatic heterocycles. The van der Waals surface area contributed by atoms with Crippen LogP contribution in [-0.2, 0) is 6.54 Å². The van der Waals surface area contributed by atoms with Gasteiger partial charge in [-0.2, -0.15) is 0 Å². The van der Waals surface area contributed by atoms with Crippen molar-refractivity contribution in [3.63, 3.8) is 0 Å². The number of hydrogen-bond acceptors (Lipinski definition) is 3. The molecule has 2 aromatic rings. The molecule has 0 aliphatic rings. The fourth-order valence-corrected chi connectivity index (χ4v) is 1.89. The van der Waals surface area contributed by atoms with Gasteiger partial charge >= 0.3 is 0 Å². The van der Waals surface area contributed by atoms with Crippen molar-refractivity contribution in [2.24, 2.45) is 5.92 Å². The molecule has 0 spiro atoms. The number of nitrogens with zero attached hydrogens (tertiary/aromatic N) is 1. The van der Waals surface area contributed by atoms with Crippen LogP contribution < -0.4 is 10.1 Å². The summed E-state index contributed by atoms with van der Waals surface area (Å²) in [5.41, 5.74) is 1.56. The number of pyridine rings is 1. The normalized spacial score (nSPS) is 10.9. The largest absolute Gasteiger partial charge is 0.439 e. The third kappa shape index (κ3) is 4.53. The second-order valence-corrected chi connectivity index (χ2v) is 5.51. The molecule has 1 aromatic heterocycles. The summed E-state index contributed by atoms with van der Waals surface area (Å²) < 4.78 is 19.3. The monoisotopic (exact) mass is 288 g/mol. The van der Waals surface area contributed by atoms with Crippen molar-refractivity contribution >= 4 is 0 Å². The van der Waals surface area contributed by atoms with Gasteiger partial charge in [0, 0.05) is 24.4 Å². The minimum absolute atomic E-state index is 0.275. The molecule has 0 aliphatic carbocycles. The van der Waals surface area contributed by atoms with E-state index < -0.39 is 0 Å². The zero-order valence-electron chi connectivity index (χ0n) is 12.7. The van der Waals surface area contributed by atoms with Gasteiger partial charge in [-0.15, -0.1) is 0 Å². The number of nitrogens with one attached hydrogen (secondary N) is 1. The van der Waals surface area contributed by atoms with Crippen LogP contribution in [0.15, 0.2) is 36.5 Å². The van der Waals surface area contributed by atoms with Crippen LogP contribution in [0.1, 0.15) is 25.0 Å². The zero-order valence-corrected chi connectivity index (χ0v) is 12.7. The molecule has 1 heterocycles. The standard InChI is InChI=1S/C17H21FN2O/c1-12(2)10-19-11-14-5-4-8-20-17(14)21-15-7-6-13(3)16(18)9-15/h4-9,12,19H,10-11H2,1-3H3. The molecule has 0 fully saturated rings. The van der Waals surface area contributed by atoms with Gasteiger partial charge in [-0.05, 0) is 37.1 Å². The van der Waals surface area contributed by atoms with E-state index in [4.69, 9.17) is 4.74 Å². The van der Waals surface area contributed by atoms with E-state index in [1.165, 1.54) is 6.07 Å². The van der Waals surface area contributed by atoms with Gasteiger partial charge in [0.25, 0.3) is 0 Å². The third-order valence-electron chi connectivity index (χ3n) is 3.08. The number of rotatable bonds is 6. The van der Waals surface area contributed by atoms with E-state index in [0.29, 0.717) is 29.7 Å². The molecule has 1 aromatic carbocycles. The van der Waals surface area contributed by atoms with Gasteiger partial charge in [-0.1, -0.05) is 26.0 Å². The fourth-order valence-electron chi connectivity index (χ4n) is 1.89. The summed E-state index contributed by atoms with van der Waals surface area (Å²) in [5.74, 6) is 1.28. The number of aryl methyl sites for hydroxylation is 1. The van der Waals surface area contributed by atoms with Gasteiger partial charge in [0.2, 0.25) is 5.88 Å². The quantitative estimate of drug-likeness (QED) is 0.870. The first-order chi connectivity index (χ1) is 10.1. The highest BCUT2D eigenvalue weighted by atomic mass is 19.1. The van der Waals surface area contributed by atoms with Crippen molar-refractivity contribution in [1.82, 2.24) is 10.3 Å². The van der Waals surface area contributed by atoms with E-state index in [9.17, 15) is 4.39 Å². The summed E-state index contributed by atoms with van der Waals surface area (Å²) in [7, 11) is 0. The first kappa shape index (κ1) is 15.4. The van der Waals surface area contributed by atoms with Crippen LogP contribution in [-0.4, -0.2) is 11.5 Å². The van der Waals surface area contributed by atoms with Gasteiger partial charge in [0.05, 0.1) is 0 Å². The van der Waals surface area contributed by atoms with Crippen molar-refractivity contribution in [3.8, 4) is 11.6 Å². The number of benzene rings is 1. The fraction of sp³-hybridized carbons (Fsp3) is 0.353. The Kier molecular flexibility index (Phi) is 5.28. The van der Waals surface area contributed by atoms with Crippen molar-refractivity contribution < 1.29 is 9.13 Å². The summed E-state index contributed by atoms with van der Waals surface area (Å²) in [4.78, 5) is 4.24. The van der Waals surface area contributed by atoms with Crippen molar-refractivity contribution in [2.75, 3.05) is 6.54 Å². The van der Waals surface area contributed by atoms with E-state index in [1.807, 2.05) is 12.1 Å². The second-order valence-electron chi connectivity index (χ2n) is 5.51. The Bertz CT molecular complexity index is 599. The third-order valence-corrected chi connectivity index (χ3v) is 3.08. The maximum Gasteiger partial charge on any atom is 0.223 e. The number of aromatic nitrogens is 1. The molecular weight excluding hydrogens is 267 g/mol. The van der Waals surface area contributed by atoms with Crippen LogP contribution in [0.2, 0.25) is 0 Å². The molecule has 0 bridgehead atoms. The summed E-state index contributed by atoms with van der Waals surface area (Å²) in [5, 5.41) is 3.35. The lowest BCUT2D eigenvalue weighted by molar-refractivity contribution is 0.445. The molecule has 0 amide bonds. The van der Waals surface area contributed by atoms with Crippen molar-refractivity contribution in [1.29, 1.82) is 0 Å². The average molecular weight is 288 g/mol. The Hall–Kier alpha value is -1.94. The molecule has 1 N–H and O–H groups in total. The highest BCUT2D eigenvalue weighted by molar-refractivity contribution is 5.34. The van der Waals surface area contributed by atoms with E-state index in [1.54, 1.807) is 25.3 Å². The first-order valence-corrected chi connectivity index (χ1v) is 7.15. The van der Waals surface area contributed by atoms with Crippen molar-refractivity contribution in [2.45, 2.75) is 27.3 Å². The van der Waals surface area contributed by atoms with Gasteiger partial charge in [-0.3, -0.25) is 0 Å². The number of hydrogen-bond donors (Lipinski definition) is 1. The minimum Gasteiger partial charge on any atom is -0.439 e. The molecule has 3 nitrogen and oxygen atoms in total. The lowest BCUT2D eigenvalue weighted by Gasteiger charge is -2.12. The highest BCUT2D eigenvalue weighted by Crippen LogP contribution is 2.24. The molecule has 0 saturated heterocycles. The van der Waals surface area contributed by atoms with Crippen LogP contribution in [0.5, 0.6) is 11.6 Å². The predicted octanol–water partition coefficient (Wildman–Crippen LogP) is 4.07. The highest BCUT2D eigenvalue weighted by Gasteiger charge is 2.08. The summed E-state index contributed by atoms with van der Waals surface area (Å²) >= 11 is 0. The van der Waals surface area contributed by atoms with Crippen LogP contribution in [0, 0.1) is 18.7 Å². The summed E-state index contributed by atoms with van der Waals surface area (Å²) in [6, 6.07) is 8.66. The van der Waals surface area contributed by atoms with Crippen LogP contribution >= 0.6 is 0 Å². The Balaban J connectivity index is 2.10. The molecule has 0 atom stereocenters. The summed E-state index contributed by atoms with van der Waals surface area (Å²) in [6.07, 6.45) is 1.67. The zero-order chi connectivity index (χ0) is 15.2. The Labute approximate surface area is 125 Å². The van der Waals surface area contributed by atoms with E-state index in [-0.39, 0.29) is 5.82 Å². The summed E-state index contributed by atoms with van der Waals surface area (Å²) in [6.45, 7) is 7.63. The molecule has 0 unspecified atom stereocenters. The lowest BCUT2D eigenvalue weighted by Crippen LogP contribution is -2.19. The van der Waals surface area contributed by atoms with E-state index >= 15 is 0 Å². The SMILES string of the molecule is Cc1ccc(Oc2ncccc2CNCC(C)C)cc1F. The molecular formula is C17H21FN2O. The first-order valence-electron chi connectivity index (χ1n) is 7.15. The van der Waals surface area contributed by atoms with E-state index in [0.717, 1.165) is 12.1 Å².